The fraction of sp³-hybridized carbons (Fsp3) is 0.308. The summed E-state index contributed by atoms with van der Waals surface area (Å²) in [6, 6.07) is 6.86. The zero-order valence-corrected chi connectivity index (χ0v) is 21.4. The van der Waals surface area contributed by atoms with Crippen LogP contribution >= 0.6 is 15.9 Å². The molecule has 5 aromatic rings. The van der Waals surface area contributed by atoms with Crippen molar-refractivity contribution in [3.63, 3.8) is 0 Å². The maximum atomic E-state index is 14.8. The normalized spacial score (nSPS) is 17.6. The summed E-state index contributed by atoms with van der Waals surface area (Å²) in [6.07, 6.45) is 10.8. The number of halogens is 2. The average Bonchev–Trinajstić information content (AvgIpc) is 3.65. The first-order valence-corrected chi connectivity index (χ1v) is 13.0. The van der Waals surface area contributed by atoms with Crippen molar-refractivity contribution < 1.29 is 9.18 Å². The molecule has 0 unspecified atom stereocenters. The van der Waals surface area contributed by atoms with Gasteiger partial charge in [-0.15, -0.1) is 0 Å². The highest BCUT2D eigenvalue weighted by Crippen LogP contribution is 2.33. The van der Waals surface area contributed by atoms with Crippen LogP contribution in [0.1, 0.15) is 30.8 Å². The predicted molar refractivity (Wildman–Crippen MR) is 139 cm³/mol. The second-order valence-corrected chi connectivity index (χ2v) is 10.2. The lowest BCUT2D eigenvalue weighted by Gasteiger charge is -2.12. The van der Waals surface area contributed by atoms with Gasteiger partial charge in [0.15, 0.2) is 11.5 Å². The van der Waals surface area contributed by atoms with Gasteiger partial charge < -0.3 is 10.3 Å². The summed E-state index contributed by atoms with van der Waals surface area (Å²) in [5.74, 6) is 0.707. The lowest BCUT2D eigenvalue weighted by Crippen LogP contribution is -2.31. The summed E-state index contributed by atoms with van der Waals surface area (Å²) in [5.41, 5.74) is 2.49. The number of fused-ring (bicyclic) bond motifs is 2. The smallest absolute Gasteiger partial charge is 0.223 e. The van der Waals surface area contributed by atoms with Crippen LogP contribution in [-0.2, 0) is 17.6 Å². The van der Waals surface area contributed by atoms with Crippen LogP contribution < -0.4 is 5.32 Å². The van der Waals surface area contributed by atoms with Crippen molar-refractivity contribution in [3.05, 3.63) is 71.1 Å². The Labute approximate surface area is 220 Å². The van der Waals surface area contributed by atoms with E-state index in [9.17, 15) is 9.18 Å². The molecule has 37 heavy (non-hydrogen) atoms. The van der Waals surface area contributed by atoms with Gasteiger partial charge in [-0.3, -0.25) is 9.78 Å². The predicted octanol–water partition coefficient (Wildman–Crippen LogP) is 4.31. The molecule has 1 aliphatic rings. The number of carbonyl (C=O) groups is 1. The second-order valence-electron chi connectivity index (χ2n) is 9.43. The number of nitrogens with one attached hydrogen (secondary N) is 2. The molecule has 1 aliphatic carbocycles. The number of aromatic nitrogens is 7. The summed E-state index contributed by atoms with van der Waals surface area (Å²) in [5, 5.41) is 9.03. The monoisotopic (exact) mass is 562 g/mol. The SMILES string of the molecule is O=C(NCCc1cnc[nH]1)[C@@H]1CC[C@@H](Cc2ncc3c(Br)nn(-c4cc(F)c5ncccc5c4)c3n2)C1. The number of carbonyl (C=O) groups excluding carboxylic acids is 1. The molecule has 2 N–H and O–H groups in total. The molecule has 6 rings (SSSR count). The Bertz CT molecular complexity index is 1580. The minimum Gasteiger partial charge on any atom is -0.355 e. The molecular formula is C26H24BrFN8O. The fourth-order valence-corrected chi connectivity index (χ4v) is 5.52. The van der Waals surface area contributed by atoms with Crippen LogP contribution in [0.5, 0.6) is 0 Å². The summed E-state index contributed by atoms with van der Waals surface area (Å²) in [6.45, 7) is 0.590. The van der Waals surface area contributed by atoms with Crippen LogP contribution in [0.15, 0.2) is 53.8 Å². The molecule has 2 atom stereocenters. The molecule has 188 valence electrons. The van der Waals surface area contributed by atoms with Crippen molar-refractivity contribution in [1.29, 1.82) is 0 Å². The van der Waals surface area contributed by atoms with Crippen molar-refractivity contribution in [1.82, 2.24) is 40.0 Å². The minimum atomic E-state index is -0.415. The first-order chi connectivity index (χ1) is 18.0. The van der Waals surface area contributed by atoms with Crippen molar-refractivity contribution >= 4 is 43.8 Å². The number of benzene rings is 1. The molecule has 0 aliphatic heterocycles. The van der Waals surface area contributed by atoms with Crippen molar-refractivity contribution in [2.24, 2.45) is 11.8 Å². The van der Waals surface area contributed by atoms with E-state index in [0.29, 0.717) is 51.5 Å². The summed E-state index contributed by atoms with van der Waals surface area (Å²) in [7, 11) is 0. The number of imidazole rings is 1. The molecule has 0 saturated heterocycles. The topological polar surface area (TPSA) is 114 Å². The minimum absolute atomic E-state index is 0.00403. The van der Waals surface area contributed by atoms with Gasteiger partial charge in [-0.2, -0.15) is 5.10 Å². The van der Waals surface area contributed by atoms with Gasteiger partial charge in [0.25, 0.3) is 0 Å². The number of rotatable bonds is 7. The maximum absolute atomic E-state index is 14.8. The highest BCUT2D eigenvalue weighted by Gasteiger charge is 2.30. The molecule has 0 bridgehead atoms. The second kappa shape index (κ2) is 9.97. The van der Waals surface area contributed by atoms with Crippen LogP contribution in [0.25, 0.3) is 27.6 Å². The Balaban J connectivity index is 1.17. The summed E-state index contributed by atoms with van der Waals surface area (Å²) >= 11 is 3.49. The van der Waals surface area contributed by atoms with E-state index in [0.717, 1.165) is 36.8 Å². The number of amides is 1. The lowest BCUT2D eigenvalue weighted by atomic mass is 10.0. The summed E-state index contributed by atoms with van der Waals surface area (Å²) < 4.78 is 17.0. The molecule has 4 aromatic heterocycles. The standard InChI is InChI=1S/C26H24BrFN8O/c27-24-20-13-32-22(9-15-3-4-17(8-15)26(37)31-7-5-18-12-29-14-33-18)34-25(20)36(35-24)19-10-16-2-1-6-30-23(16)21(28)11-19/h1-2,6,10-15,17H,3-5,7-9H2,(H,29,33)(H,31,37)/t15-,17-/m1/s1. The van der Waals surface area contributed by atoms with Gasteiger partial charge in [-0.1, -0.05) is 6.07 Å². The number of pyridine rings is 1. The Kier molecular flexibility index (Phi) is 6.37. The van der Waals surface area contributed by atoms with Crippen LogP contribution in [0.2, 0.25) is 0 Å². The van der Waals surface area contributed by atoms with Gasteiger partial charge in [-0.25, -0.2) is 24.0 Å². The summed E-state index contributed by atoms with van der Waals surface area (Å²) in [4.78, 5) is 33.2. The maximum Gasteiger partial charge on any atom is 0.223 e. The average molecular weight is 563 g/mol. The van der Waals surface area contributed by atoms with Gasteiger partial charge in [0, 0.05) is 61.0 Å². The third-order valence-corrected chi connectivity index (χ3v) is 7.53. The zero-order valence-electron chi connectivity index (χ0n) is 19.9. The molecule has 9 nitrogen and oxygen atoms in total. The van der Waals surface area contributed by atoms with E-state index in [1.807, 2.05) is 12.1 Å². The van der Waals surface area contributed by atoms with Crippen molar-refractivity contribution in [2.45, 2.75) is 32.1 Å². The largest absolute Gasteiger partial charge is 0.355 e. The van der Waals surface area contributed by atoms with Crippen LogP contribution in [0, 0.1) is 17.7 Å². The number of aromatic amines is 1. The Morgan fingerprint density at radius 3 is 3.03 bits per heavy atom. The molecule has 1 fully saturated rings. The van der Waals surface area contributed by atoms with E-state index in [4.69, 9.17) is 4.98 Å². The van der Waals surface area contributed by atoms with Gasteiger partial charge >= 0.3 is 0 Å². The van der Waals surface area contributed by atoms with Crippen LogP contribution in [0.3, 0.4) is 0 Å². The first kappa shape index (κ1) is 23.7. The molecule has 4 heterocycles. The van der Waals surface area contributed by atoms with E-state index in [1.165, 1.54) is 6.07 Å². The zero-order chi connectivity index (χ0) is 25.4. The van der Waals surface area contributed by atoms with Crippen molar-refractivity contribution in [2.75, 3.05) is 6.54 Å². The Morgan fingerprint density at radius 2 is 2.16 bits per heavy atom. The van der Waals surface area contributed by atoms with E-state index in [1.54, 1.807) is 35.7 Å². The molecule has 0 radical (unpaired) electrons. The van der Waals surface area contributed by atoms with Crippen LogP contribution in [0.4, 0.5) is 4.39 Å². The first-order valence-electron chi connectivity index (χ1n) is 12.2. The van der Waals surface area contributed by atoms with E-state index >= 15 is 0 Å². The van der Waals surface area contributed by atoms with E-state index < -0.39 is 5.82 Å². The Morgan fingerprint density at radius 1 is 1.24 bits per heavy atom. The number of hydrogen-bond donors (Lipinski definition) is 2. The third kappa shape index (κ3) is 4.83. The third-order valence-electron chi connectivity index (χ3n) is 6.95. The fourth-order valence-electron chi connectivity index (χ4n) is 5.08. The number of hydrogen-bond acceptors (Lipinski definition) is 6. The van der Waals surface area contributed by atoms with Gasteiger partial charge in [0.05, 0.1) is 17.4 Å². The molecule has 1 amide bonds. The number of H-pyrrole nitrogens is 1. The van der Waals surface area contributed by atoms with Gasteiger partial charge in [0.2, 0.25) is 5.91 Å². The highest BCUT2D eigenvalue weighted by molar-refractivity contribution is 9.10. The van der Waals surface area contributed by atoms with Gasteiger partial charge in [0.1, 0.15) is 15.9 Å². The molecule has 0 spiro atoms. The molecular weight excluding hydrogens is 539 g/mol. The van der Waals surface area contributed by atoms with E-state index in [-0.39, 0.29) is 11.8 Å². The quantitative estimate of drug-likeness (QED) is 0.305. The molecule has 1 aromatic carbocycles. The molecule has 11 heteroatoms. The number of nitrogens with zero attached hydrogens (tertiary/aromatic N) is 6. The molecule has 1 saturated carbocycles. The van der Waals surface area contributed by atoms with Gasteiger partial charge in [-0.05, 0) is 53.2 Å². The van der Waals surface area contributed by atoms with Crippen molar-refractivity contribution in [3.8, 4) is 5.69 Å². The highest BCUT2D eigenvalue weighted by atomic mass is 79.9. The van der Waals surface area contributed by atoms with Crippen LogP contribution in [-0.4, -0.2) is 47.2 Å². The van der Waals surface area contributed by atoms with E-state index in [2.05, 4.69) is 46.3 Å². The Hall–Kier alpha value is -3.73. The lowest BCUT2D eigenvalue weighted by molar-refractivity contribution is -0.124.